The Balaban J connectivity index is 1.82. The molecule has 0 aliphatic rings. The molecule has 2 aromatic carbocycles. The molecule has 1 heterocycles. The van der Waals surface area contributed by atoms with Gasteiger partial charge in [0.25, 0.3) is 0 Å². The molecule has 7 heteroatoms. The molecule has 0 spiro atoms. The van der Waals surface area contributed by atoms with E-state index < -0.39 is 0 Å². The van der Waals surface area contributed by atoms with Crippen LogP contribution in [-0.2, 0) is 11.3 Å². The van der Waals surface area contributed by atoms with E-state index in [0.717, 1.165) is 83.6 Å². The molecule has 36 heavy (non-hydrogen) atoms. The van der Waals surface area contributed by atoms with Crippen LogP contribution < -0.4 is 14.8 Å². The highest BCUT2D eigenvalue weighted by Gasteiger charge is 2.20. The van der Waals surface area contributed by atoms with E-state index >= 15 is 0 Å². The first-order valence-corrected chi connectivity index (χ1v) is 13.9. The van der Waals surface area contributed by atoms with Gasteiger partial charge in [-0.1, -0.05) is 38.5 Å². The average molecular weight is 510 g/mol. The molecule has 3 rings (SSSR count). The SMILES string of the molecule is CCCCCC(=O)NCCCSc1nc(-c2ccc(OC)cc2)c(-c2ccc(OC)cc2)n1CCC. The number of rotatable bonds is 15. The lowest BCUT2D eigenvalue weighted by atomic mass is 10.0. The third kappa shape index (κ3) is 7.53. The molecular weight excluding hydrogens is 470 g/mol. The summed E-state index contributed by atoms with van der Waals surface area (Å²) in [6.07, 6.45) is 5.73. The Bertz CT molecular complexity index is 1080. The van der Waals surface area contributed by atoms with Gasteiger partial charge in [0.15, 0.2) is 5.16 Å². The highest BCUT2D eigenvalue weighted by Crippen LogP contribution is 2.37. The van der Waals surface area contributed by atoms with Gasteiger partial charge in [-0.15, -0.1) is 0 Å². The van der Waals surface area contributed by atoms with Gasteiger partial charge in [-0.05, 0) is 67.8 Å². The van der Waals surface area contributed by atoms with Crippen molar-refractivity contribution in [3.05, 3.63) is 48.5 Å². The summed E-state index contributed by atoms with van der Waals surface area (Å²) in [7, 11) is 3.36. The molecule has 1 aromatic heterocycles. The van der Waals surface area contributed by atoms with E-state index in [0.29, 0.717) is 13.0 Å². The number of amides is 1. The van der Waals surface area contributed by atoms with Gasteiger partial charge < -0.3 is 19.4 Å². The highest BCUT2D eigenvalue weighted by molar-refractivity contribution is 7.99. The maximum Gasteiger partial charge on any atom is 0.219 e. The highest BCUT2D eigenvalue weighted by atomic mass is 32.2. The number of unbranched alkanes of at least 4 members (excludes halogenated alkanes) is 2. The first-order chi connectivity index (χ1) is 17.6. The first-order valence-electron chi connectivity index (χ1n) is 12.9. The summed E-state index contributed by atoms with van der Waals surface area (Å²) in [5.74, 6) is 2.70. The van der Waals surface area contributed by atoms with E-state index in [1.165, 1.54) is 0 Å². The summed E-state index contributed by atoms with van der Waals surface area (Å²) < 4.78 is 13.1. The summed E-state index contributed by atoms with van der Waals surface area (Å²) in [4.78, 5) is 17.1. The summed E-state index contributed by atoms with van der Waals surface area (Å²) in [5.41, 5.74) is 4.23. The molecule has 0 saturated carbocycles. The van der Waals surface area contributed by atoms with Crippen LogP contribution in [0, 0.1) is 0 Å². The average Bonchev–Trinajstić information content (AvgIpc) is 3.27. The normalized spacial score (nSPS) is 10.9. The number of imidazole rings is 1. The minimum atomic E-state index is 0.157. The van der Waals surface area contributed by atoms with E-state index in [2.05, 4.69) is 48.0 Å². The number of carbonyl (C=O) groups is 1. The number of ether oxygens (including phenoxy) is 2. The Hall–Kier alpha value is -2.93. The molecule has 0 atom stereocenters. The van der Waals surface area contributed by atoms with Gasteiger partial charge in [-0.25, -0.2) is 4.98 Å². The van der Waals surface area contributed by atoms with E-state index in [4.69, 9.17) is 14.5 Å². The number of benzene rings is 2. The minimum Gasteiger partial charge on any atom is -0.497 e. The Morgan fingerprint density at radius 3 is 2.11 bits per heavy atom. The number of nitrogens with zero attached hydrogens (tertiary/aromatic N) is 2. The molecule has 1 N–H and O–H groups in total. The first kappa shape index (κ1) is 27.7. The number of thioether (sulfide) groups is 1. The molecule has 0 aliphatic heterocycles. The lowest BCUT2D eigenvalue weighted by Crippen LogP contribution is -2.24. The van der Waals surface area contributed by atoms with Crippen molar-refractivity contribution >= 4 is 17.7 Å². The molecule has 3 aromatic rings. The Morgan fingerprint density at radius 1 is 0.889 bits per heavy atom. The van der Waals surface area contributed by atoms with Gasteiger partial charge in [0.1, 0.15) is 11.5 Å². The molecule has 0 unspecified atom stereocenters. The van der Waals surface area contributed by atoms with Crippen LogP contribution >= 0.6 is 11.8 Å². The summed E-state index contributed by atoms with van der Waals surface area (Å²) in [6, 6.07) is 16.2. The molecule has 194 valence electrons. The minimum absolute atomic E-state index is 0.157. The number of hydrogen-bond donors (Lipinski definition) is 1. The van der Waals surface area contributed by atoms with Crippen LogP contribution in [0.5, 0.6) is 11.5 Å². The van der Waals surface area contributed by atoms with Crippen LogP contribution in [-0.4, -0.2) is 42.0 Å². The monoisotopic (exact) mass is 509 g/mol. The molecule has 0 saturated heterocycles. The number of methoxy groups -OCH3 is 2. The molecule has 0 bridgehead atoms. The van der Waals surface area contributed by atoms with E-state index in [1.54, 1.807) is 26.0 Å². The van der Waals surface area contributed by atoms with Crippen LogP contribution in [0.15, 0.2) is 53.7 Å². The van der Waals surface area contributed by atoms with Crippen molar-refractivity contribution in [2.24, 2.45) is 0 Å². The Kier molecular flexibility index (Phi) is 11.2. The van der Waals surface area contributed by atoms with Crippen molar-refractivity contribution in [2.75, 3.05) is 26.5 Å². The van der Waals surface area contributed by atoms with E-state index in [1.807, 2.05) is 24.3 Å². The van der Waals surface area contributed by atoms with Crippen molar-refractivity contribution in [1.82, 2.24) is 14.9 Å². The predicted molar refractivity (Wildman–Crippen MR) is 149 cm³/mol. The maximum atomic E-state index is 12.0. The molecular formula is C29H39N3O3S. The fraction of sp³-hybridized carbons (Fsp3) is 0.448. The van der Waals surface area contributed by atoms with Crippen LogP contribution in [0.2, 0.25) is 0 Å². The van der Waals surface area contributed by atoms with E-state index in [-0.39, 0.29) is 5.91 Å². The zero-order chi connectivity index (χ0) is 25.8. The zero-order valence-electron chi connectivity index (χ0n) is 22.0. The lowest BCUT2D eigenvalue weighted by Gasteiger charge is -2.13. The van der Waals surface area contributed by atoms with Crippen molar-refractivity contribution in [3.63, 3.8) is 0 Å². The van der Waals surface area contributed by atoms with Gasteiger partial charge in [0.05, 0.1) is 25.6 Å². The zero-order valence-corrected chi connectivity index (χ0v) is 22.8. The van der Waals surface area contributed by atoms with Crippen LogP contribution in [0.3, 0.4) is 0 Å². The fourth-order valence-corrected chi connectivity index (χ4v) is 5.02. The predicted octanol–water partition coefficient (Wildman–Crippen LogP) is 6.82. The van der Waals surface area contributed by atoms with Gasteiger partial charge >= 0.3 is 0 Å². The lowest BCUT2D eigenvalue weighted by molar-refractivity contribution is -0.121. The van der Waals surface area contributed by atoms with Gasteiger partial charge in [-0.3, -0.25) is 4.79 Å². The van der Waals surface area contributed by atoms with Crippen LogP contribution in [0.4, 0.5) is 0 Å². The third-order valence-electron chi connectivity index (χ3n) is 5.99. The van der Waals surface area contributed by atoms with Crippen molar-refractivity contribution in [2.45, 2.75) is 64.1 Å². The quantitative estimate of drug-likeness (QED) is 0.180. The molecule has 0 aliphatic carbocycles. The van der Waals surface area contributed by atoms with Crippen LogP contribution in [0.1, 0.15) is 52.4 Å². The summed E-state index contributed by atoms with van der Waals surface area (Å²) in [6.45, 7) is 5.91. The van der Waals surface area contributed by atoms with Crippen molar-refractivity contribution < 1.29 is 14.3 Å². The summed E-state index contributed by atoms with van der Waals surface area (Å²) in [5, 5.41) is 4.06. The second-order valence-electron chi connectivity index (χ2n) is 8.71. The van der Waals surface area contributed by atoms with Gasteiger partial charge in [0.2, 0.25) is 5.91 Å². The topological polar surface area (TPSA) is 65.4 Å². The van der Waals surface area contributed by atoms with Gasteiger partial charge in [0, 0.05) is 36.4 Å². The molecule has 6 nitrogen and oxygen atoms in total. The standard InChI is InChI=1S/C29H39N3O3S/c1-5-7-8-10-26(33)30-19-9-21-36-29-31-27(22-11-15-24(34-3)16-12-22)28(32(29)20-6-2)23-13-17-25(35-4)18-14-23/h11-18H,5-10,19-21H2,1-4H3,(H,30,33). The third-order valence-corrected chi connectivity index (χ3v) is 7.05. The maximum absolute atomic E-state index is 12.0. The summed E-state index contributed by atoms with van der Waals surface area (Å²) >= 11 is 1.75. The van der Waals surface area contributed by atoms with Gasteiger partial charge in [-0.2, -0.15) is 0 Å². The van der Waals surface area contributed by atoms with Crippen molar-refractivity contribution in [1.29, 1.82) is 0 Å². The second kappa shape index (κ2) is 14.6. The molecule has 1 amide bonds. The number of carbonyl (C=O) groups excluding carboxylic acids is 1. The van der Waals surface area contributed by atoms with Crippen molar-refractivity contribution in [3.8, 4) is 34.0 Å². The molecule has 0 radical (unpaired) electrons. The van der Waals surface area contributed by atoms with E-state index in [9.17, 15) is 4.79 Å². The number of hydrogen-bond acceptors (Lipinski definition) is 5. The number of nitrogens with one attached hydrogen (secondary N) is 1. The van der Waals surface area contributed by atoms with Crippen LogP contribution in [0.25, 0.3) is 22.5 Å². The Morgan fingerprint density at radius 2 is 1.53 bits per heavy atom. The Labute approximate surface area is 219 Å². The molecule has 0 fully saturated rings. The fourth-order valence-electron chi connectivity index (χ4n) is 4.05. The largest absolute Gasteiger partial charge is 0.497 e. The number of aromatic nitrogens is 2. The smallest absolute Gasteiger partial charge is 0.219 e. The second-order valence-corrected chi connectivity index (χ2v) is 9.77.